The molecule has 5 rings (SSSR count). The SMILES string of the molecule is O=C(NCC(CC(=O)N1C[C@H](O)C[C@H]1C(=O)O)C1CC1)OCC1c2ccccc2-c2ccccc21. The van der Waals surface area contributed by atoms with E-state index in [0.717, 1.165) is 35.1 Å². The Morgan fingerprint density at radius 2 is 1.66 bits per heavy atom. The Balaban J connectivity index is 1.16. The minimum atomic E-state index is -1.10. The summed E-state index contributed by atoms with van der Waals surface area (Å²) in [6.45, 7) is 0.549. The first-order chi connectivity index (χ1) is 16.9. The molecule has 1 saturated heterocycles. The molecule has 35 heavy (non-hydrogen) atoms. The molecule has 8 nitrogen and oxygen atoms in total. The van der Waals surface area contributed by atoms with E-state index in [1.54, 1.807) is 0 Å². The Labute approximate surface area is 203 Å². The average molecular weight is 479 g/mol. The van der Waals surface area contributed by atoms with Crippen LogP contribution >= 0.6 is 0 Å². The minimum absolute atomic E-state index is 0.0245. The van der Waals surface area contributed by atoms with E-state index in [9.17, 15) is 24.6 Å². The van der Waals surface area contributed by atoms with E-state index in [0.29, 0.717) is 12.5 Å². The van der Waals surface area contributed by atoms with Crippen molar-refractivity contribution in [2.24, 2.45) is 11.8 Å². The molecule has 1 unspecified atom stereocenters. The lowest BCUT2D eigenvalue weighted by atomic mass is 9.98. The third-order valence-electron chi connectivity index (χ3n) is 7.46. The number of alkyl carbamates (subject to hydrolysis) is 1. The van der Waals surface area contributed by atoms with Gasteiger partial charge in [-0.05, 0) is 46.9 Å². The molecule has 2 fully saturated rings. The number of nitrogens with one attached hydrogen (secondary N) is 1. The van der Waals surface area contributed by atoms with Gasteiger partial charge >= 0.3 is 12.1 Å². The molecule has 3 atom stereocenters. The zero-order chi connectivity index (χ0) is 24.5. The molecule has 0 spiro atoms. The Hall–Kier alpha value is -3.39. The van der Waals surface area contributed by atoms with Crippen molar-refractivity contribution in [3.05, 3.63) is 59.7 Å². The molecule has 2 aromatic carbocycles. The first-order valence-electron chi connectivity index (χ1n) is 12.2. The van der Waals surface area contributed by atoms with Gasteiger partial charge in [0.2, 0.25) is 5.91 Å². The molecule has 3 N–H and O–H groups in total. The van der Waals surface area contributed by atoms with Crippen molar-refractivity contribution in [2.45, 2.75) is 43.7 Å². The number of rotatable bonds is 8. The third-order valence-corrected chi connectivity index (χ3v) is 7.46. The standard InChI is InChI=1S/C27H30N2O6/c30-18-12-24(26(32)33)29(14-18)25(31)11-17(16-9-10-16)13-28-27(34)35-15-23-21-7-3-1-5-19(21)20-6-2-4-8-22(20)23/h1-8,16-18,23-24,30H,9-15H2,(H,28,34)(H,32,33)/t17?,18-,24+/m1/s1. The number of aliphatic hydroxyl groups excluding tert-OH is 1. The largest absolute Gasteiger partial charge is 0.480 e. The molecular formula is C27H30N2O6. The van der Waals surface area contributed by atoms with Crippen LogP contribution in [0.2, 0.25) is 0 Å². The number of aliphatic hydroxyl groups is 1. The first-order valence-corrected chi connectivity index (χ1v) is 12.2. The van der Waals surface area contributed by atoms with Crippen LogP contribution in [0.1, 0.15) is 42.7 Å². The Morgan fingerprint density at radius 1 is 1.03 bits per heavy atom. The molecule has 0 radical (unpaired) electrons. The van der Waals surface area contributed by atoms with Gasteiger partial charge in [0.25, 0.3) is 0 Å². The number of fused-ring (bicyclic) bond motifs is 3. The van der Waals surface area contributed by atoms with Gasteiger partial charge in [0, 0.05) is 31.8 Å². The summed E-state index contributed by atoms with van der Waals surface area (Å²) in [4.78, 5) is 38.1. The quantitative estimate of drug-likeness (QED) is 0.537. The van der Waals surface area contributed by atoms with Crippen molar-refractivity contribution in [3.8, 4) is 11.1 Å². The fourth-order valence-electron chi connectivity index (χ4n) is 5.50. The first kappa shape index (κ1) is 23.4. The van der Waals surface area contributed by atoms with Crippen molar-refractivity contribution in [3.63, 3.8) is 0 Å². The van der Waals surface area contributed by atoms with Crippen molar-refractivity contribution in [1.29, 1.82) is 0 Å². The molecule has 0 aromatic heterocycles. The van der Waals surface area contributed by atoms with Crippen LogP contribution in [0.4, 0.5) is 4.79 Å². The zero-order valence-corrected chi connectivity index (χ0v) is 19.4. The van der Waals surface area contributed by atoms with Crippen molar-refractivity contribution in [2.75, 3.05) is 19.7 Å². The molecule has 184 valence electrons. The van der Waals surface area contributed by atoms with Gasteiger partial charge in [0.05, 0.1) is 6.10 Å². The fourth-order valence-corrected chi connectivity index (χ4v) is 5.50. The topological polar surface area (TPSA) is 116 Å². The molecular weight excluding hydrogens is 448 g/mol. The van der Waals surface area contributed by atoms with Crippen LogP contribution in [0.5, 0.6) is 0 Å². The highest BCUT2D eigenvalue weighted by atomic mass is 16.5. The summed E-state index contributed by atoms with van der Waals surface area (Å²) in [5.41, 5.74) is 4.61. The zero-order valence-electron chi connectivity index (χ0n) is 19.4. The van der Waals surface area contributed by atoms with Crippen LogP contribution in [-0.4, -0.2) is 64.9 Å². The smallest absolute Gasteiger partial charge is 0.407 e. The second-order valence-corrected chi connectivity index (χ2v) is 9.80. The number of carbonyl (C=O) groups excluding carboxylic acids is 2. The monoisotopic (exact) mass is 478 g/mol. The maximum absolute atomic E-state index is 12.8. The minimum Gasteiger partial charge on any atom is -0.480 e. The summed E-state index contributed by atoms with van der Waals surface area (Å²) in [5, 5.41) is 22.0. The van der Waals surface area contributed by atoms with Crippen LogP contribution in [-0.2, 0) is 14.3 Å². The number of carboxylic acid groups (broad SMARTS) is 1. The highest BCUT2D eigenvalue weighted by molar-refractivity contribution is 5.84. The average Bonchev–Trinajstić information content (AvgIpc) is 3.55. The van der Waals surface area contributed by atoms with E-state index in [1.165, 1.54) is 4.90 Å². The van der Waals surface area contributed by atoms with E-state index >= 15 is 0 Å². The number of hydrogen-bond donors (Lipinski definition) is 3. The summed E-state index contributed by atoms with van der Waals surface area (Å²) < 4.78 is 5.60. The molecule has 2 aromatic rings. The van der Waals surface area contributed by atoms with E-state index in [4.69, 9.17) is 4.74 Å². The number of aliphatic carboxylic acids is 1. The lowest BCUT2D eigenvalue weighted by Gasteiger charge is -2.24. The molecule has 2 amide bonds. The maximum Gasteiger partial charge on any atom is 0.407 e. The van der Waals surface area contributed by atoms with Gasteiger partial charge in [0.15, 0.2) is 0 Å². The van der Waals surface area contributed by atoms with E-state index in [1.807, 2.05) is 24.3 Å². The predicted octanol–water partition coefficient (Wildman–Crippen LogP) is 2.99. The van der Waals surface area contributed by atoms with Crippen LogP contribution in [0.15, 0.2) is 48.5 Å². The van der Waals surface area contributed by atoms with Gasteiger partial charge < -0.3 is 25.2 Å². The number of amides is 2. The van der Waals surface area contributed by atoms with E-state index in [-0.39, 0.29) is 43.7 Å². The summed E-state index contributed by atoms with van der Waals surface area (Å²) in [7, 11) is 0. The van der Waals surface area contributed by atoms with Crippen LogP contribution < -0.4 is 5.32 Å². The summed E-state index contributed by atoms with van der Waals surface area (Å²) >= 11 is 0. The van der Waals surface area contributed by atoms with Crippen LogP contribution in [0, 0.1) is 11.8 Å². The van der Waals surface area contributed by atoms with Gasteiger partial charge in [-0.15, -0.1) is 0 Å². The highest BCUT2D eigenvalue weighted by Gasteiger charge is 2.41. The Morgan fingerprint density at radius 3 is 2.26 bits per heavy atom. The molecule has 1 aliphatic heterocycles. The maximum atomic E-state index is 12.8. The van der Waals surface area contributed by atoms with Gasteiger partial charge in [-0.3, -0.25) is 4.79 Å². The highest BCUT2D eigenvalue weighted by Crippen LogP contribution is 2.44. The van der Waals surface area contributed by atoms with Gasteiger partial charge in [0.1, 0.15) is 12.6 Å². The second kappa shape index (κ2) is 9.70. The Kier molecular flexibility index (Phi) is 6.47. The molecule has 3 aliphatic rings. The molecule has 1 heterocycles. The van der Waals surface area contributed by atoms with Gasteiger partial charge in [-0.25, -0.2) is 9.59 Å². The number of hydrogen-bond acceptors (Lipinski definition) is 5. The molecule has 2 aliphatic carbocycles. The summed E-state index contributed by atoms with van der Waals surface area (Å²) in [6.07, 6.45) is 0.811. The van der Waals surface area contributed by atoms with Gasteiger partial charge in [-0.2, -0.15) is 0 Å². The lowest BCUT2D eigenvalue weighted by Crippen LogP contribution is -2.42. The lowest BCUT2D eigenvalue weighted by molar-refractivity contribution is -0.148. The van der Waals surface area contributed by atoms with Gasteiger partial charge in [-0.1, -0.05) is 48.5 Å². The number of carbonyl (C=O) groups is 3. The molecule has 0 bridgehead atoms. The van der Waals surface area contributed by atoms with Crippen molar-refractivity contribution in [1.82, 2.24) is 10.2 Å². The van der Waals surface area contributed by atoms with Crippen LogP contribution in [0.25, 0.3) is 11.1 Å². The van der Waals surface area contributed by atoms with Crippen molar-refractivity contribution < 1.29 is 29.3 Å². The number of likely N-dealkylation sites (tertiary alicyclic amines) is 1. The molecule has 8 heteroatoms. The number of nitrogens with zero attached hydrogens (tertiary/aromatic N) is 1. The number of benzene rings is 2. The van der Waals surface area contributed by atoms with Crippen molar-refractivity contribution >= 4 is 18.0 Å². The second-order valence-electron chi connectivity index (χ2n) is 9.80. The predicted molar refractivity (Wildman–Crippen MR) is 128 cm³/mol. The third kappa shape index (κ3) is 4.89. The fraction of sp³-hybridized carbons (Fsp3) is 0.444. The number of carboxylic acids is 1. The Bertz CT molecular complexity index is 1080. The normalized spacial score (nSPS) is 21.8. The summed E-state index contributed by atoms with van der Waals surface area (Å²) in [5.74, 6) is -1.18. The van der Waals surface area contributed by atoms with Crippen LogP contribution in [0.3, 0.4) is 0 Å². The van der Waals surface area contributed by atoms with E-state index < -0.39 is 24.2 Å². The number of β-amino-alcohol motifs (C(OH)–C–C–N with tert-alkyl or cyclic N) is 1. The van der Waals surface area contributed by atoms with E-state index in [2.05, 4.69) is 29.6 Å². The summed E-state index contributed by atoms with van der Waals surface area (Å²) in [6, 6.07) is 15.3. The number of ether oxygens (including phenoxy) is 1. The molecule has 1 saturated carbocycles.